The van der Waals surface area contributed by atoms with E-state index >= 15 is 0 Å². The monoisotopic (exact) mass is 233 g/mol. The van der Waals surface area contributed by atoms with E-state index in [4.69, 9.17) is 5.11 Å². The first kappa shape index (κ1) is 9.83. The van der Waals surface area contributed by atoms with Crippen molar-refractivity contribution in [3.8, 4) is 0 Å². The SMILES string of the molecule is O=C1[C@@H]2[C@H]3C=C[C@@H]([C@@H]4C[C@@H]34)[C@@H]2C(=O)N1CCO. The largest absolute Gasteiger partial charge is 0.395 e. The first-order chi connectivity index (χ1) is 8.24. The number of β-amino-alcohol motifs (C(OH)–C–C–N with tert-alkyl or cyclic N) is 1. The van der Waals surface area contributed by atoms with Gasteiger partial charge in [-0.05, 0) is 30.1 Å². The van der Waals surface area contributed by atoms with Gasteiger partial charge in [-0.25, -0.2) is 0 Å². The van der Waals surface area contributed by atoms with Gasteiger partial charge in [0, 0.05) is 0 Å². The molecule has 1 saturated heterocycles. The average molecular weight is 233 g/mol. The summed E-state index contributed by atoms with van der Waals surface area (Å²) in [5.74, 6) is 1.55. The summed E-state index contributed by atoms with van der Waals surface area (Å²) in [5.41, 5.74) is 0. The molecule has 4 nitrogen and oxygen atoms in total. The molecular weight excluding hydrogens is 218 g/mol. The van der Waals surface area contributed by atoms with Crippen LogP contribution in [-0.2, 0) is 9.59 Å². The number of imide groups is 1. The lowest BCUT2D eigenvalue weighted by atomic mass is 9.63. The van der Waals surface area contributed by atoms with E-state index in [0.717, 1.165) is 0 Å². The minimum absolute atomic E-state index is 0.0428. The van der Waals surface area contributed by atoms with Gasteiger partial charge in [0.15, 0.2) is 0 Å². The Balaban J connectivity index is 1.74. The first-order valence-electron chi connectivity index (χ1n) is 6.38. The Morgan fingerprint density at radius 1 is 1.12 bits per heavy atom. The lowest BCUT2D eigenvalue weighted by Gasteiger charge is -2.37. The molecule has 5 rings (SSSR count). The van der Waals surface area contributed by atoms with Crippen molar-refractivity contribution in [1.82, 2.24) is 4.90 Å². The van der Waals surface area contributed by atoms with Gasteiger partial charge in [-0.2, -0.15) is 0 Å². The Labute approximate surface area is 99.3 Å². The predicted octanol–water partition coefficient (Wildman–Crippen LogP) is 0.0318. The van der Waals surface area contributed by atoms with Crippen molar-refractivity contribution < 1.29 is 14.7 Å². The van der Waals surface area contributed by atoms with Crippen LogP contribution in [0.25, 0.3) is 0 Å². The molecule has 0 aromatic rings. The van der Waals surface area contributed by atoms with E-state index in [-0.39, 0.29) is 48.6 Å². The van der Waals surface area contributed by atoms with Crippen LogP contribution in [0.5, 0.6) is 0 Å². The van der Waals surface area contributed by atoms with E-state index < -0.39 is 0 Å². The summed E-state index contributed by atoms with van der Waals surface area (Å²) in [6.45, 7) is 0.0337. The second kappa shape index (κ2) is 2.99. The first-order valence-corrected chi connectivity index (χ1v) is 6.38. The fourth-order valence-electron chi connectivity index (χ4n) is 4.34. The topological polar surface area (TPSA) is 57.6 Å². The van der Waals surface area contributed by atoms with Crippen molar-refractivity contribution in [2.45, 2.75) is 6.42 Å². The number of aliphatic hydroxyl groups excluding tert-OH is 1. The van der Waals surface area contributed by atoms with E-state index in [1.54, 1.807) is 0 Å². The van der Waals surface area contributed by atoms with Crippen LogP contribution in [0.15, 0.2) is 12.2 Å². The molecule has 6 atom stereocenters. The number of rotatable bonds is 2. The number of hydrogen-bond donors (Lipinski definition) is 1. The van der Waals surface area contributed by atoms with E-state index in [0.29, 0.717) is 11.8 Å². The minimum atomic E-state index is -0.132. The van der Waals surface area contributed by atoms with Gasteiger partial charge in [0.1, 0.15) is 0 Å². The quantitative estimate of drug-likeness (QED) is 0.541. The summed E-state index contributed by atoms with van der Waals surface area (Å²) in [4.78, 5) is 25.8. The molecule has 1 N–H and O–H groups in total. The van der Waals surface area contributed by atoms with Crippen LogP contribution in [0.2, 0.25) is 0 Å². The number of amides is 2. The number of carbonyl (C=O) groups is 2. The van der Waals surface area contributed by atoms with Crippen molar-refractivity contribution in [3.63, 3.8) is 0 Å². The second-order valence-electron chi connectivity index (χ2n) is 5.71. The molecule has 4 heteroatoms. The summed E-state index contributed by atoms with van der Waals surface area (Å²) < 4.78 is 0. The maximum absolute atomic E-state index is 12.3. The van der Waals surface area contributed by atoms with Crippen LogP contribution in [0, 0.1) is 35.5 Å². The number of nitrogens with zero attached hydrogens (tertiary/aromatic N) is 1. The van der Waals surface area contributed by atoms with Crippen molar-refractivity contribution >= 4 is 11.8 Å². The maximum atomic E-state index is 12.3. The zero-order valence-corrected chi connectivity index (χ0v) is 9.45. The molecular formula is C13H15NO3. The van der Waals surface area contributed by atoms with Crippen LogP contribution >= 0.6 is 0 Å². The molecule has 2 bridgehead atoms. The Morgan fingerprint density at radius 2 is 1.65 bits per heavy atom. The number of likely N-dealkylation sites (tertiary alicyclic amines) is 1. The second-order valence-corrected chi connectivity index (χ2v) is 5.71. The van der Waals surface area contributed by atoms with Crippen molar-refractivity contribution in [1.29, 1.82) is 0 Å². The van der Waals surface area contributed by atoms with Gasteiger partial charge in [-0.1, -0.05) is 12.2 Å². The lowest BCUT2D eigenvalue weighted by Crippen LogP contribution is -2.40. The van der Waals surface area contributed by atoms with Gasteiger partial charge in [0.25, 0.3) is 0 Å². The Bertz CT molecular complexity index is 408. The molecule has 1 aliphatic heterocycles. The zero-order valence-electron chi connectivity index (χ0n) is 9.45. The van der Waals surface area contributed by atoms with Gasteiger partial charge in [-0.15, -0.1) is 0 Å². The Morgan fingerprint density at radius 3 is 2.12 bits per heavy atom. The molecule has 4 aliphatic carbocycles. The molecule has 1 heterocycles. The highest BCUT2D eigenvalue weighted by Crippen LogP contribution is 2.65. The fraction of sp³-hybridized carbons (Fsp3) is 0.692. The van der Waals surface area contributed by atoms with Crippen LogP contribution in [0.1, 0.15) is 6.42 Å². The number of aliphatic hydroxyl groups is 1. The summed E-state index contributed by atoms with van der Waals surface area (Å²) >= 11 is 0. The van der Waals surface area contributed by atoms with Crippen molar-refractivity contribution in [3.05, 3.63) is 12.2 Å². The molecule has 0 radical (unpaired) electrons. The third kappa shape index (κ3) is 1.03. The highest BCUT2D eigenvalue weighted by Gasteiger charge is 2.66. The third-order valence-corrected chi connectivity index (χ3v) is 5.08. The number of hydrogen-bond acceptors (Lipinski definition) is 3. The normalized spacial score (nSPS) is 49.6. The Kier molecular flexibility index (Phi) is 1.73. The smallest absolute Gasteiger partial charge is 0.233 e. The number of allylic oxidation sites excluding steroid dienone is 2. The van der Waals surface area contributed by atoms with Gasteiger partial charge in [-0.3, -0.25) is 14.5 Å². The van der Waals surface area contributed by atoms with Crippen LogP contribution in [0.3, 0.4) is 0 Å². The molecule has 2 amide bonds. The van der Waals surface area contributed by atoms with Crippen LogP contribution in [0.4, 0.5) is 0 Å². The average Bonchev–Trinajstić information content (AvgIpc) is 3.11. The lowest BCUT2D eigenvalue weighted by molar-refractivity contribution is -0.140. The summed E-state index contributed by atoms with van der Waals surface area (Å²) in [6, 6.07) is 0. The minimum Gasteiger partial charge on any atom is -0.395 e. The highest BCUT2D eigenvalue weighted by atomic mass is 16.3. The molecule has 2 saturated carbocycles. The molecule has 0 aromatic carbocycles. The molecule has 0 spiro atoms. The Hall–Kier alpha value is -1.16. The summed E-state index contributed by atoms with van der Waals surface area (Å²) in [7, 11) is 0. The molecule has 0 aromatic heterocycles. The van der Waals surface area contributed by atoms with Crippen molar-refractivity contribution in [2.75, 3.05) is 13.2 Å². The fourth-order valence-corrected chi connectivity index (χ4v) is 4.34. The van der Waals surface area contributed by atoms with Crippen molar-refractivity contribution in [2.24, 2.45) is 35.5 Å². The molecule has 17 heavy (non-hydrogen) atoms. The molecule has 3 fully saturated rings. The van der Waals surface area contributed by atoms with Gasteiger partial charge in [0.05, 0.1) is 25.0 Å². The van der Waals surface area contributed by atoms with Gasteiger partial charge >= 0.3 is 0 Å². The van der Waals surface area contributed by atoms with E-state index in [2.05, 4.69) is 12.2 Å². The number of carbonyl (C=O) groups excluding carboxylic acids is 2. The van der Waals surface area contributed by atoms with E-state index in [1.165, 1.54) is 11.3 Å². The highest BCUT2D eigenvalue weighted by molar-refractivity contribution is 6.06. The molecule has 0 unspecified atom stereocenters. The van der Waals surface area contributed by atoms with Gasteiger partial charge in [0.2, 0.25) is 11.8 Å². The van der Waals surface area contributed by atoms with Gasteiger partial charge < -0.3 is 5.11 Å². The summed E-state index contributed by atoms with van der Waals surface area (Å²) in [6.07, 6.45) is 5.51. The standard InChI is InChI=1S/C13H15NO3/c15-4-3-14-12(16)10-6-1-2-7(9-5-8(6)9)11(10)13(14)17/h1-2,6-11,15H,3-5H2/t6-,7-,8-,9-,10-,11+/m0/s1. The third-order valence-electron chi connectivity index (χ3n) is 5.08. The molecule has 5 aliphatic rings. The van der Waals surface area contributed by atoms with Crippen LogP contribution < -0.4 is 0 Å². The predicted molar refractivity (Wildman–Crippen MR) is 58.5 cm³/mol. The molecule has 90 valence electrons. The summed E-state index contributed by atoms with van der Waals surface area (Å²) in [5, 5.41) is 8.94. The van der Waals surface area contributed by atoms with E-state index in [9.17, 15) is 9.59 Å². The van der Waals surface area contributed by atoms with Crippen LogP contribution in [-0.4, -0.2) is 35.0 Å². The zero-order chi connectivity index (χ0) is 11.7. The van der Waals surface area contributed by atoms with E-state index in [1.807, 2.05) is 0 Å². The maximum Gasteiger partial charge on any atom is 0.233 e.